The molecule has 0 saturated heterocycles. The highest BCUT2D eigenvalue weighted by Gasteiger charge is 2.09. The van der Waals surface area contributed by atoms with Crippen molar-refractivity contribution in [3.8, 4) is 0 Å². The number of hydrogen-bond donors (Lipinski definition) is 2. The molecule has 2 unspecified atom stereocenters. The van der Waals surface area contributed by atoms with Crippen LogP contribution in [0.2, 0.25) is 0 Å². The average molecular weight is 266 g/mol. The Bertz CT molecular complexity index is 384. The van der Waals surface area contributed by atoms with Crippen LogP contribution in [-0.2, 0) is 11.3 Å². The third-order valence-electron chi connectivity index (χ3n) is 3.15. The fourth-order valence-electron chi connectivity index (χ4n) is 1.97. The SMILES string of the molecule is CCC(C)CC(C)Nc1cc(NC)nc(COC)n1. The lowest BCUT2D eigenvalue weighted by molar-refractivity contribution is 0.178. The molecule has 0 aromatic carbocycles. The molecule has 2 N–H and O–H groups in total. The molecule has 1 heterocycles. The van der Waals surface area contributed by atoms with E-state index in [9.17, 15) is 0 Å². The van der Waals surface area contributed by atoms with E-state index in [1.165, 1.54) is 6.42 Å². The lowest BCUT2D eigenvalue weighted by Crippen LogP contribution is -2.19. The minimum Gasteiger partial charge on any atom is -0.377 e. The maximum Gasteiger partial charge on any atom is 0.158 e. The lowest BCUT2D eigenvalue weighted by atomic mass is 10.0. The van der Waals surface area contributed by atoms with E-state index in [-0.39, 0.29) is 0 Å². The van der Waals surface area contributed by atoms with Gasteiger partial charge in [0.1, 0.15) is 18.2 Å². The van der Waals surface area contributed by atoms with Gasteiger partial charge in [-0.25, -0.2) is 9.97 Å². The van der Waals surface area contributed by atoms with Crippen molar-refractivity contribution in [2.45, 2.75) is 46.3 Å². The molecule has 1 rings (SSSR count). The highest BCUT2D eigenvalue weighted by Crippen LogP contribution is 2.16. The molecular weight excluding hydrogens is 240 g/mol. The van der Waals surface area contributed by atoms with Gasteiger partial charge in [0.25, 0.3) is 0 Å². The summed E-state index contributed by atoms with van der Waals surface area (Å²) in [7, 11) is 3.50. The second-order valence-corrected chi connectivity index (χ2v) is 5.03. The van der Waals surface area contributed by atoms with Crippen molar-refractivity contribution >= 4 is 11.6 Å². The Morgan fingerprint density at radius 2 is 1.95 bits per heavy atom. The number of nitrogens with one attached hydrogen (secondary N) is 2. The molecule has 5 heteroatoms. The third kappa shape index (κ3) is 5.42. The molecule has 5 nitrogen and oxygen atoms in total. The van der Waals surface area contributed by atoms with Crippen molar-refractivity contribution in [2.75, 3.05) is 24.8 Å². The summed E-state index contributed by atoms with van der Waals surface area (Å²) in [6.45, 7) is 7.10. The molecule has 0 radical (unpaired) electrons. The Hall–Kier alpha value is -1.36. The molecule has 2 atom stereocenters. The normalized spacial score (nSPS) is 13.9. The second-order valence-electron chi connectivity index (χ2n) is 5.03. The van der Waals surface area contributed by atoms with Gasteiger partial charge in [-0.15, -0.1) is 0 Å². The second kappa shape index (κ2) is 7.94. The number of anilines is 2. The average Bonchev–Trinajstić information content (AvgIpc) is 2.38. The topological polar surface area (TPSA) is 59.1 Å². The van der Waals surface area contributed by atoms with Crippen molar-refractivity contribution in [3.05, 3.63) is 11.9 Å². The molecule has 0 aliphatic carbocycles. The van der Waals surface area contributed by atoms with E-state index in [1.807, 2.05) is 13.1 Å². The molecule has 0 aliphatic rings. The summed E-state index contributed by atoms with van der Waals surface area (Å²) in [6, 6.07) is 2.32. The number of methoxy groups -OCH3 is 1. The van der Waals surface area contributed by atoms with Crippen LogP contribution >= 0.6 is 0 Å². The Balaban J connectivity index is 2.73. The summed E-state index contributed by atoms with van der Waals surface area (Å²) in [5.74, 6) is 3.06. The van der Waals surface area contributed by atoms with Gasteiger partial charge >= 0.3 is 0 Å². The Morgan fingerprint density at radius 1 is 1.26 bits per heavy atom. The molecule has 108 valence electrons. The fraction of sp³-hybridized carbons (Fsp3) is 0.714. The summed E-state index contributed by atoms with van der Waals surface area (Å²) < 4.78 is 5.09. The van der Waals surface area contributed by atoms with Gasteiger partial charge in [-0.05, 0) is 19.3 Å². The Morgan fingerprint density at radius 3 is 2.53 bits per heavy atom. The van der Waals surface area contributed by atoms with Crippen LogP contribution in [0.15, 0.2) is 6.07 Å². The number of rotatable bonds is 8. The summed E-state index contributed by atoms with van der Waals surface area (Å²) >= 11 is 0. The largest absolute Gasteiger partial charge is 0.377 e. The van der Waals surface area contributed by atoms with Crippen LogP contribution in [0.1, 0.15) is 39.4 Å². The van der Waals surface area contributed by atoms with Crippen molar-refractivity contribution in [3.63, 3.8) is 0 Å². The third-order valence-corrected chi connectivity index (χ3v) is 3.15. The van der Waals surface area contributed by atoms with E-state index in [1.54, 1.807) is 7.11 Å². The van der Waals surface area contributed by atoms with Crippen LogP contribution in [-0.4, -0.2) is 30.2 Å². The van der Waals surface area contributed by atoms with Gasteiger partial charge in [0.2, 0.25) is 0 Å². The summed E-state index contributed by atoms with van der Waals surface area (Å²) in [5.41, 5.74) is 0. The number of hydrogen-bond acceptors (Lipinski definition) is 5. The van der Waals surface area contributed by atoms with E-state index in [4.69, 9.17) is 4.74 Å². The van der Waals surface area contributed by atoms with E-state index < -0.39 is 0 Å². The van der Waals surface area contributed by atoms with Crippen LogP contribution < -0.4 is 10.6 Å². The van der Waals surface area contributed by atoms with Gasteiger partial charge in [0.05, 0.1) is 0 Å². The highest BCUT2D eigenvalue weighted by atomic mass is 16.5. The van der Waals surface area contributed by atoms with Gasteiger partial charge in [-0.1, -0.05) is 20.3 Å². The van der Waals surface area contributed by atoms with E-state index >= 15 is 0 Å². The smallest absolute Gasteiger partial charge is 0.158 e. The Labute approximate surface area is 116 Å². The van der Waals surface area contributed by atoms with Crippen LogP contribution in [0.3, 0.4) is 0 Å². The first-order chi connectivity index (χ1) is 9.08. The molecule has 0 amide bonds. The van der Waals surface area contributed by atoms with Crippen molar-refractivity contribution in [1.82, 2.24) is 9.97 Å². The van der Waals surface area contributed by atoms with Crippen LogP contribution in [0, 0.1) is 5.92 Å². The minimum absolute atomic E-state index is 0.393. The minimum atomic E-state index is 0.393. The molecule has 19 heavy (non-hydrogen) atoms. The van der Waals surface area contributed by atoms with E-state index in [2.05, 4.69) is 41.4 Å². The zero-order valence-electron chi connectivity index (χ0n) is 12.7. The first-order valence-corrected chi connectivity index (χ1v) is 6.90. The maximum atomic E-state index is 5.09. The summed E-state index contributed by atoms with van der Waals surface area (Å²) in [6.07, 6.45) is 2.33. The number of ether oxygens (including phenoxy) is 1. The molecule has 0 aliphatic heterocycles. The fourth-order valence-corrected chi connectivity index (χ4v) is 1.97. The number of nitrogens with zero attached hydrogens (tertiary/aromatic N) is 2. The van der Waals surface area contributed by atoms with E-state index in [0.717, 1.165) is 18.1 Å². The monoisotopic (exact) mass is 266 g/mol. The first kappa shape index (κ1) is 15.7. The van der Waals surface area contributed by atoms with Gasteiger partial charge in [-0.2, -0.15) is 0 Å². The molecule has 0 bridgehead atoms. The molecule has 0 fully saturated rings. The number of aromatic nitrogens is 2. The maximum absolute atomic E-state index is 5.09. The van der Waals surface area contributed by atoms with Crippen LogP contribution in [0.5, 0.6) is 0 Å². The molecule has 1 aromatic rings. The standard InChI is InChI=1S/C14H26N4O/c1-6-10(2)7-11(3)16-13-8-12(15-4)17-14(18-13)9-19-5/h8,10-11H,6-7,9H2,1-5H3,(H2,15,16,17,18). The van der Waals surface area contributed by atoms with Gasteiger partial charge in [0.15, 0.2) is 5.82 Å². The quantitative estimate of drug-likeness (QED) is 0.757. The van der Waals surface area contributed by atoms with Gasteiger partial charge < -0.3 is 15.4 Å². The summed E-state index contributed by atoms with van der Waals surface area (Å²) in [4.78, 5) is 8.80. The van der Waals surface area contributed by atoms with Gasteiger partial charge in [-0.3, -0.25) is 0 Å². The molecule has 0 spiro atoms. The Kier molecular flexibility index (Phi) is 6.56. The van der Waals surface area contributed by atoms with Crippen molar-refractivity contribution in [1.29, 1.82) is 0 Å². The summed E-state index contributed by atoms with van der Waals surface area (Å²) in [5, 5.41) is 6.48. The molecular formula is C14H26N4O. The predicted molar refractivity (Wildman–Crippen MR) is 79.4 cm³/mol. The lowest BCUT2D eigenvalue weighted by Gasteiger charge is -2.18. The van der Waals surface area contributed by atoms with Crippen LogP contribution in [0.25, 0.3) is 0 Å². The van der Waals surface area contributed by atoms with Crippen molar-refractivity contribution in [2.24, 2.45) is 5.92 Å². The van der Waals surface area contributed by atoms with Gasteiger partial charge in [0, 0.05) is 26.3 Å². The molecule has 0 saturated carbocycles. The highest BCUT2D eigenvalue weighted by molar-refractivity contribution is 5.47. The van der Waals surface area contributed by atoms with Crippen molar-refractivity contribution < 1.29 is 4.74 Å². The zero-order valence-corrected chi connectivity index (χ0v) is 12.7. The molecule has 1 aromatic heterocycles. The first-order valence-electron chi connectivity index (χ1n) is 6.90. The zero-order chi connectivity index (χ0) is 14.3. The van der Waals surface area contributed by atoms with Crippen LogP contribution in [0.4, 0.5) is 11.6 Å². The predicted octanol–water partition coefficient (Wildman–Crippen LogP) is 2.90. The van der Waals surface area contributed by atoms with E-state index in [0.29, 0.717) is 24.4 Å².